The molecule has 0 fully saturated rings. The second-order valence-corrected chi connectivity index (χ2v) is 7.12. The highest BCUT2D eigenvalue weighted by Crippen LogP contribution is 2.36. The largest absolute Gasteiger partial charge is 0.435 e. The first kappa shape index (κ1) is 21.3. The van der Waals surface area contributed by atoms with Gasteiger partial charge < -0.3 is 15.4 Å². The van der Waals surface area contributed by atoms with Crippen molar-refractivity contribution >= 4 is 11.8 Å². The van der Waals surface area contributed by atoms with Crippen molar-refractivity contribution in [3.8, 4) is 11.6 Å². The van der Waals surface area contributed by atoms with Crippen molar-refractivity contribution in [1.82, 2.24) is 9.88 Å². The van der Waals surface area contributed by atoms with E-state index in [0.717, 1.165) is 11.6 Å². The number of hydrogen-bond acceptors (Lipinski definition) is 4. The number of pyridine rings is 1. The van der Waals surface area contributed by atoms with Gasteiger partial charge in [0, 0.05) is 24.8 Å². The summed E-state index contributed by atoms with van der Waals surface area (Å²) < 4.78 is 57.8. The number of halogens is 4. The fourth-order valence-electron chi connectivity index (χ4n) is 3.34. The molecule has 1 aromatic heterocycles. The fraction of sp³-hybridized carbons (Fsp3) is 0.136. The van der Waals surface area contributed by atoms with Gasteiger partial charge in [0.1, 0.15) is 5.56 Å². The third kappa shape index (κ3) is 4.11. The van der Waals surface area contributed by atoms with Gasteiger partial charge >= 0.3 is 6.18 Å². The van der Waals surface area contributed by atoms with Crippen LogP contribution in [-0.4, -0.2) is 21.7 Å². The molecule has 0 saturated heterocycles. The second-order valence-electron chi connectivity index (χ2n) is 7.12. The first-order chi connectivity index (χ1) is 15.1. The van der Waals surface area contributed by atoms with Crippen LogP contribution in [-0.2, 0) is 19.3 Å². The van der Waals surface area contributed by atoms with Crippen LogP contribution in [0.4, 0.5) is 17.6 Å². The number of carbonyl (C=O) groups excluding carboxylic acids is 2. The van der Waals surface area contributed by atoms with E-state index < -0.39 is 35.1 Å². The van der Waals surface area contributed by atoms with E-state index in [0.29, 0.717) is 23.3 Å². The van der Waals surface area contributed by atoms with E-state index in [1.807, 2.05) is 0 Å². The van der Waals surface area contributed by atoms with E-state index in [4.69, 9.17) is 10.5 Å². The predicted molar refractivity (Wildman–Crippen MR) is 104 cm³/mol. The number of amides is 2. The van der Waals surface area contributed by atoms with E-state index in [1.165, 1.54) is 11.1 Å². The van der Waals surface area contributed by atoms with E-state index in [9.17, 15) is 27.2 Å². The van der Waals surface area contributed by atoms with Crippen LogP contribution >= 0.6 is 0 Å². The van der Waals surface area contributed by atoms with Gasteiger partial charge in [-0.05, 0) is 47.5 Å². The maximum atomic E-state index is 14.2. The molecule has 1 aliphatic heterocycles. The van der Waals surface area contributed by atoms with Crippen molar-refractivity contribution in [2.24, 2.45) is 5.73 Å². The zero-order chi connectivity index (χ0) is 23.0. The average molecular weight is 445 g/mol. The maximum absolute atomic E-state index is 14.2. The molecular weight excluding hydrogens is 430 g/mol. The van der Waals surface area contributed by atoms with Crippen LogP contribution in [0.15, 0.2) is 54.7 Å². The second kappa shape index (κ2) is 7.95. The molecule has 0 unspecified atom stereocenters. The Morgan fingerprint density at radius 2 is 1.84 bits per heavy atom. The van der Waals surface area contributed by atoms with Gasteiger partial charge in [0.05, 0.1) is 5.56 Å². The van der Waals surface area contributed by atoms with Crippen molar-refractivity contribution in [3.63, 3.8) is 0 Å². The van der Waals surface area contributed by atoms with Gasteiger partial charge in [-0.15, -0.1) is 0 Å². The summed E-state index contributed by atoms with van der Waals surface area (Å²) in [5, 5.41) is 0. The Balaban J connectivity index is 1.56. The molecule has 6 nitrogen and oxygen atoms in total. The van der Waals surface area contributed by atoms with E-state index in [1.54, 1.807) is 30.3 Å². The average Bonchev–Trinajstić information content (AvgIpc) is 3.05. The zero-order valence-electron chi connectivity index (χ0n) is 16.3. The summed E-state index contributed by atoms with van der Waals surface area (Å²) in [5.41, 5.74) is 5.85. The Hall–Kier alpha value is -3.95. The molecule has 0 bridgehead atoms. The monoisotopic (exact) mass is 445 g/mol. The van der Waals surface area contributed by atoms with Crippen LogP contribution < -0.4 is 10.5 Å². The Morgan fingerprint density at radius 3 is 2.47 bits per heavy atom. The molecule has 2 amide bonds. The topological polar surface area (TPSA) is 85.5 Å². The molecule has 3 aromatic rings. The fourth-order valence-corrected chi connectivity index (χ4v) is 3.34. The first-order valence-electron chi connectivity index (χ1n) is 9.34. The van der Waals surface area contributed by atoms with Crippen LogP contribution in [0.3, 0.4) is 0 Å². The number of alkyl halides is 3. The Kier molecular flexibility index (Phi) is 5.29. The molecule has 0 aliphatic carbocycles. The minimum atomic E-state index is -4.70. The lowest BCUT2D eigenvalue weighted by atomic mass is 10.1. The summed E-state index contributed by atoms with van der Waals surface area (Å²) in [6, 6.07) is 9.90. The molecular formula is C22H15F4N3O3. The van der Waals surface area contributed by atoms with Gasteiger partial charge in [-0.2, -0.15) is 13.2 Å². The highest BCUT2D eigenvalue weighted by Gasteiger charge is 2.33. The molecule has 0 atom stereocenters. The molecule has 2 N–H and O–H groups in total. The zero-order valence-corrected chi connectivity index (χ0v) is 16.3. The number of hydrogen-bond donors (Lipinski definition) is 1. The number of benzene rings is 2. The van der Waals surface area contributed by atoms with Crippen molar-refractivity contribution in [1.29, 1.82) is 0 Å². The summed E-state index contributed by atoms with van der Waals surface area (Å²) in [5.74, 6) is -2.89. The number of primary amides is 1. The summed E-state index contributed by atoms with van der Waals surface area (Å²) in [6.07, 6.45) is -3.33. The van der Waals surface area contributed by atoms with Gasteiger partial charge in [-0.25, -0.2) is 9.37 Å². The number of nitrogens with two attached hydrogens (primary N) is 1. The molecule has 0 spiro atoms. The van der Waals surface area contributed by atoms with E-state index in [-0.39, 0.29) is 24.5 Å². The maximum Gasteiger partial charge on any atom is 0.416 e. The number of ether oxygens (including phenoxy) is 1. The molecule has 4 rings (SSSR count). The molecule has 0 radical (unpaired) electrons. The van der Waals surface area contributed by atoms with Gasteiger partial charge in [0.15, 0.2) is 11.6 Å². The highest BCUT2D eigenvalue weighted by atomic mass is 19.4. The van der Waals surface area contributed by atoms with Crippen LogP contribution in [0.2, 0.25) is 0 Å². The molecule has 164 valence electrons. The number of rotatable bonds is 5. The van der Waals surface area contributed by atoms with Crippen LogP contribution in [0.1, 0.15) is 37.4 Å². The van der Waals surface area contributed by atoms with Crippen LogP contribution in [0.25, 0.3) is 0 Å². The molecule has 10 heteroatoms. The lowest BCUT2D eigenvalue weighted by Gasteiger charge is -2.16. The highest BCUT2D eigenvalue weighted by molar-refractivity contribution is 6.00. The van der Waals surface area contributed by atoms with Gasteiger partial charge in [-0.1, -0.05) is 12.1 Å². The number of aromatic nitrogens is 1. The Morgan fingerprint density at radius 1 is 1.12 bits per heavy atom. The SMILES string of the molecule is NC(=O)c1ccc(CN2Cc3ccnc(Oc4ccc(C(F)(F)F)cc4F)c3C2=O)cc1. The first-order valence-corrected chi connectivity index (χ1v) is 9.34. The Bertz CT molecular complexity index is 1210. The minimum Gasteiger partial charge on any atom is -0.435 e. The Labute approximate surface area is 179 Å². The third-order valence-electron chi connectivity index (χ3n) is 4.94. The van der Waals surface area contributed by atoms with Crippen molar-refractivity contribution in [3.05, 3.63) is 88.4 Å². The summed E-state index contributed by atoms with van der Waals surface area (Å²) >= 11 is 0. The number of nitrogens with zero attached hydrogens (tertiary/aromatic N) is 2. The van der Waals surface area contributed by atoms with Crippen LogP contribution in [0.5, 0.6) is 11.6 Å². The summed E-state index contributed by atoms with van der Waals surface area (Å²) in [4.78, 5) is 29.6. The summed E-state index contributed by atoms with van der Waals surface area (Å²) in [6.45, 7) is 0.459. The molecule has 1 aliphatic rings. The lowest BCUT2D eigenvalue weighted by molar-refractivity contribution is -0.137. The minimum absolute atomic E-state index is 0.112. The van der Waals surface area contributed by atoms with E-state index >= 15 is 0 Å². The standard InChI is InChI=1S/C22H15F4N3O3/c23-16-9-15(22(24,25)26)5-6-17(16)32-20-18-14(7-8-28-20)11-29(21(18)31)10-12-1-3-13(4-2-12)19(27)30/h1-9H,10-11H2,(H2,27,30). The normalized spacial score (nSPS) is 13.2. The number of carbonyl (C=O) groups is 2. The number of fused-ring (bicyclic) bond motifs is 1. The smallest absolute Gasteiger partial charge is 0.416 e. The van der Waals surface area contributed by atoms with Crippen LogP contribution in [0, 0.1) is 5.82 Å². The van der Waals surface area contributed by atoms with Gasteiger partial charge in [0.2, 0.25) is 11.8 Å². The molecule has 2 heterocycles. The van der Waals surface area contributed by atoms with Gasteiger partial charge in [0.25, 0.3) is 5.91 Å². The van der Waals surface area contributed by atoms with E-state index in [2.05, 4.69) is 4.98 Å². The predicted octanol–water partition coefficient (Wildman–Crippen LogP) is 4.29. The summed E-state index contributed by atoms with van der Waals surface area (Å²) in [7, 11) is 0. The molecule has 0 saturated carbocycles. The lowest BCUT2D eigenvalue weighted by Crippen LogP contribution is -2.23. The quantitative estimate of drug-likeness (QED) is 0.594. The molecule has 32 heavy (non-hydrogen) atoms. The van der Waals surface area contributed by atoms with Gasteiger partial charge in [-0.3, -0.25) is 9.59 Å². The third-order valence-corrected chi connectivity index (χ3v) is 4.94. The van der Waals surface area contributed by atoms with Crippen molar-refractivity contribution in [2.75, 3.05) is 0 Å². The van der Waals surface area contributed by atoms with Crippen molar-refractivity contribution < 1.29 is 31.9 Å². The van der Waals surface area contributed by atoms with Crippen molar-refractivity contribution in [2.45, 2.75) is 19.3 Å². The molecule has 2 aromatic carbocycles.